The van der Waals surface area contributed by atoms with E-state index in [1.54, 1.807) is 17.0 Å². The van der Waals surface area contributed by atoms with Crippen molar-refractivity contribution in [3.8, 4) is 0 Å². The molecule has 4 rings (SSSR count). The zero-order valence-corrected chi connectivity index (χ0v) is 14.1. The van der Waals surface area contributed by atoms with E-state index in [1.807, 2.05) is 60.7 Å². The highest BCUT2D eigenvalue weighted by Crippen LogP contribution is 2.47. The molecule has 0 saturated heterocycles. The molecule has 1 atom stereocenters. The highest BCUT2D eigenvalue weighted by molar-refractivity contribution is 6.44. The first kappa shape index (κ1) is 15.3. The normalized spacial score (nSPS) is 16.3. The van der Waals surface area contributed by atoms with E-state index in [9.17, 15) is 4.79 Å². The number of rotatable bonds is 2. The Hall–Kier alpha value is -2.29. The number of hydrogen-bond acceptors (Lipinski definition) is 1. The largest absolute Gasteiger partial charge is 0.278 e. The van der Waals surface area contributed by atoms with Crippen molar-refractivity contribution in [3.05, 3.63) is 94.0 Å². The standard InChI is InChI=1S/C20H13Cl2NO/c21-15-10-6-12-17(19(15)22)23-16-11-5-4-9-14(16)18(20(23)24)13-7-2-1-3-8-13/h1-12,18H. The molecule has 0 saturated carbocycles. The van der Waals surface area contributed by atoms with Gasteiger partial charge in [0.2, 0.25) is 5.91 Å². The van der Waals surface area contributed by atoms with Gasteiger partial charge >= 0.3 is 0 Å². The van der Waals surface area contributed by atoms with Crippen LogP contribution in [-0.2, 0) is 4.79 Å². The van der Waals surface area contributed by atoms with E-state index in [0.29, 0.717) is 15.7 Å². The number of hydrogen-bond donors (Lipinski definition) is 0. The van der Waals surface area contributed by atoms with Gasteiger partial charge in [-0.05, 0) is 29.3 Å². The lowest BCUT2D eigenvalue weighted by Gasteiger charge is -2.20. The van der Waals surface area contributed by atoms with Gasteiger partial charge in [0.25, 0.3) is 0 Å². The molecule has 3 aromatic carbocycles. The second-order valence-corrected chi connectivity index (χ2v) is 6.43. The van der Waals surface area contributed by atoms with E-state index < -0.39 is 0 Å². The van der Waals surface area contributed by atoms with E-state index in [0.717, 1.165) is 16.8 Å². The number of halogens is 2. The fraction of sp³-hybridized carbons (Fsp3) is 0.0500. The number of nitrogens with zero attached hydrogens (tertiary/aromatic N) is 1. The summed E-state index contributed by atoms with van der Waals surface area (Å²) in [6.45, 7) is 0. The van der Waals surface area contributed by atoms with Crippen LogP contribution in [0.5, 0.6) is 0 Å². The van der Waals surface area contributed by atoms with Crippen LogP contribution in [0.25, 0.3) is 0 Å². The summed E-state index contributed by atoms with van der Waals surface area (Å²) in [5.74, 6) is -0.357. The molecule has 24 heavy (non-hydrogen) atoms. The molecule has 1 aliphatic heterocycles. The molecule has 1 heterocycles. The minimum Gasteiger partial charge on any atom is -0.278 e. The van der Waals surface area contributed by atoms with Crippen molar-refractivity contribution in [2.45, 2.75) is 5.92 Å². The van der Waals surface area contributed by atoms with Crippen LogP contribution in [0, 0.1) is 0 Å². The van der Waals surface area contributed by atoms with Crippen LogP contribution in [0.2, 0.25) is 10.0 Å². The van der Waals surface area contributed by atoms with Crippen LogP contribution in [-0.4, -0.2) is 5.91 Å². The Labute approximate surface area is 150 Å². The number of carbonyl (C=O) groups is 1. The lowest BCUT2D eigenvalue weighted by Crippen LogP contribution is -2.24. The molecule has 0 N–H and O–H groups in total. The average Bonchev–Trinajstić information content (AvgIpc) is 2.90. The molecule has 1 aliphatic rings. The molecule has 2 nitrogen and oxygen atoms in total. The van der Waals surface area contributed by atoms with Gasteiger partial charge in [0.05, 0.1) is 27.3 Å². The summed E-state index contributed by atoms with van der Waals surface area (Å²) in [6, 6.07) is 22.9. The lowest BCUT2D eigenvalue weighted by molar-refractivity contribution is -0.117. The molecular weight excluding hydrogens is 341 g/mol. The maximum atomic E-state index is 13.3. The number of carbonyl (C=O) groups excluding carboxylic acids is 1. The number of para-hydroxylation sites is 1. The van der Waals surface area contributed by atoms with E-state index in [2.05, 4.69) is 0 Å². The molecule has 0 aromatic heterocycles. The summed E-state index contributed by atoms with van der Waals surface area (Å²) in [5.41, 5.74) is 3.40. The Morgan fingerprint density at radius 2 is 1.42 bits per heavy atom. The van der Waals surface area contributed by atoms with Gasteiger partial charge in [0, 0.05) is 0 Å². The second-order valence-electron chi connectivity index (χ2n) is 5.65. The maximum absolute atomic E-state index is 13.3. The van der Waals surface area contributed by atoms with Gasteiger partial charge in [-0.2, -0.15) is 0 Å². The van der Waals surface area contributed by atoms with Crippen LogP contribution >= 0.6 is 23.2 Å². The zero-order chi connectivity index (χ0) is 16.7. The first-order valence-electron chi connectivity index (χ1n) is 7.60. The molecule has 0 aliphatic carbocycles. The highest BCUT2D eigenvalue weighted by atomic mass is 35.5. The topological polar surface area (TPSA) is 20.3 Å². The summed E-state index contributed by atoms with van der Waals surface area (Å²) in [7, 11) is 0. The van der Waals surface area contributed by atoms with Crippen molar-refractivity contribution in [3.63, 3.8) is 0 Å². The Bertz CT molecular complexity index is 924. The molecule has 0 radical (unpaired) electrons. The predicted octanol–water partition coefficient (Wildman–Crippen LogP) is 5.80. The van der Waals surface area contributed by atoms with Crippen molar-refractivity contribution >= 4 is 40.5 Å². The molecule has 3 aromatic rings. The van der Waals surface area contributed by atoms with E-state index in [4.69, 9.17) is 23.2 Å². The van der Waals surface area contributed by atoms with Crippen LogP contribution in [0.1, 0.15) is 17.0 Å². The van der Waals surface area contributed by atoms with Gasteiger partial charge in [-0.25, -0.2) is 0 Å². The zero-order valence-electron chi connectivity index (χ0n) is 12.6. The fourth-order valence-corrected chi connectivity index (χ4v) is 3.58. The quantitative estimate of drug-likeness (QED) is 0.569. The summed E-state index contributed by atoms with van der Waals surface area (Å²) in [4.78, 5) is 14.9. The summed E-state index contributed by atoms with van der Waals surface area (Å²) < 4.78 is 0. The van der Waals surface area contributed by atoms with Crippen molar-refractivity contribution < 1.29 is 4.79 Å². The van der Waals surface area contributed by atoms with Gasteiger partial charge in [0.15, 0.2) is 0 Å². The molecule has 0 fully saturated rings. The van der Waals surface area contributed by atoms with Crippen molar-refractivity contribution in [2.24, 2.45) is 0 Å². The molecule has 0 spiro atoms. The Morgan fingerprint density at radius 1 is 0.750 bits per heavy atom. The lowest BCUT2D eigenvalue weighted by atomic mass is 9.93. The molecule has 0 bridgehead atoms. The van der Waals surface area contributed by atoms with Crippen molar-refractivity contribution in [1.29, 1.82) is 0 Å². The first-order chi connectivity index (χ1) is 11.7. The minimum atomic E-state index is -0.336. The molecule has 1 amide bonds. The van der Waals surface area contributed by atoms with Crippen LogP contribution < -0.4 is 4.90 Å². The van der Waals surface area contributed by atoms with E-state index in [-0.39, 0.29) is 11.8 Å². The molecule has 118 valence electrons. The molecule has 4 heteroatoms. The Morgan fingerprint density at radius 3 is 2.21 bits per heavy atom. The smallest absolute Gasteiger partial charge is 0.243 e. The third-order valence-electron chi connectivity index (χ3n) is 4.26. The van der Waals surface area contributed by atoms with Gasteiger partial charge in [-0.3, -0.25) is 9.69 Å². The average molecular weight is 354 g/mol. The highest BCUT2D eigenvalue weighted by Gasteiger charge is 2.39. The van der Waals surface area contributed by atoms with Crippen LogP contribution in [0.4, 0.5) is 11.4 Å². The SMILES string of the molecule is O=C1C(c2ccccc2)c2ccccc2N1c1cccc(Cl)c1Cl. The maximum Gasteiger partial charge on any atom is 0.243 e. The molecular formula is C20H13Cl2NO. The Balaban J connectivity index is 1.92. The van der Waals surface area contributed by atoms with Gasteiger partial charge < -0.3 is 0 Å². The van der Waals surface area contributed by atoms with Crippen LogP contribution in [0.3, 0.4) is 0 Å². The first-order valence-corrected chi connectivity index (χ1v) is 8.36. The predicted molar refractivity (Wildman–Crippen MR) is 98.3 cm³/mol. The minimum absolute atomic E-state index is 0.0217. The monoisotopic (exact) mass is 353 g/mol. The third kappa shape index (κ3) is 2.31. The van der Waals surface area contributed by atoms with Crippen LogP contribution in [0.15, 0.2) is 72.8 Å². The summed E-state index contributed by atoms with van der Waals surface area (Å²) in [5, 5.41) is 0.818. The van der Waals surface area contributed by atoms with Gasteiger partial charge in [-0.15, -0.1) is 0 Å². The number of fused-ring (bicyclic) bond motifs is 1. The summed E-state index contributed by atoms with van der Waals surface area (Å²) in [6.07, 6.45) is 0. The van der Waals surface area contributed by atoms with Gasteiger partial charge in [0.1, 0.15) is 0 Å². The van der Waals surface area contributed by atoms with Gasteiger partial charge in [-0.1, -0.05) is 77.8 Å². The van der Waals surface area contributed by atoms with E-state index >= 15 is 0 Å². The third-order valence-corrected chi connectivity index (χ3v) is 5.07. The van der Waals surface area contributed by atoms with Crippen molar-refractivity contribution in [1.82, 2.24) is 0 Å². The summed E-state index contributed by atoms with van der Waals surface area (Å²) >= 11 is 12.5. The number of amides is 1. The Kier molecular flexibility index (Phi) is 3.79. The van der Waals surface area contributed by atoms with Crippen molar-refractivity contribution in [2.75, 3.05) is 4.90 Å². The number of benzene rings is 3. The molecule has 1 unspecified atom stereocenters. The second kappa shape index (κ2) is 5.97. The fourth-order valence-electron chi connectivity index (χ4n) is 3.20. The number of anilines is 2. The van der Waals surface area contributed by atoms with E-state index in [1.165, 1.54) is 0 Å².